The van der Waals surface area contributed by atoms with Gasteiger partial charge in [0.25, 0.3) is 0 Å². The van der Waals surface area contributed by atoms with Crippen LogP contribution in [0.3, 0.4) is 0 Å². The minimum atomic E-state index is -3.60. The lowest BCUT2D eigenvalue weighted by atomic mass is 9.99. The van der Waals surface area contributed by atoms with Crippen LogP contribution in [-0.4, -0.2) is 33.7 Å². The van der Waals surface area contributed by atoms with E-state index in [-0.39, 0.29) is 11.4 Å². The molecule has 4 rings (SSSR count). The van der Waals surface area contributed by atoms with Crippen LogP contribution in [-0.2, 0) is 21.6 Å². The van der Waals surface area contributed by atoms with Crippen molar-refractivity contribution in [1.82, 2.24) is 4.72 Å². The van der Waals surface area contributed by atoms with Gasteiger partial charge in [-0.1, -0.05) is 30.3 Å². The van der Waals surface area contributed by atoms with Crippen LogP contribution >= 0.6 is 0 Å². The Morgan fingerprint density at radius 3 is 2.63 bits per heavy atom. The molecule has 27 heavy (non-hydrogen) atoms. The van der Waals surface area contributed by atoms with E-state index in [2.05, 4.69) is 10.8 Å². The van der Waals surface area contributed by atoms with E-state index >= 15 is 0 Å². The van der Waals surface area contributed by atoms with Gasteiger partial charge in [0.2, 0.25) is 0 Å². The van der Waals surface area contributed by atoms with Crippen molar-refractivity contribution in [1.29, 1.82) is 0 Å². The standard InChI is InChI=1S/C20H20N2O4S/c1-26-13-14-3-2-4-15(9-14)16-5-6-17-12-20(23)19(11-18(17)10-16)22-8-7-21-27(22,24)25/h2-6,9-12,21,23H,7-8,13H2,1H3. The molecule has 1 aliphatic rings. The summed E-state index contributed by atoms with van der Waals surface area (Å²) in [6.07, 6.45) is 0. The number of methoxy groups -OCH3 is 1. The van der Waals surface area contributed by atoms with Gasteiger partial charge in [0.15, 0.2) is 0 Å². The fourth-order valence-electron chi connectivity index (χ4n) is 3.38. The number of anilines is 1. The number of aromatic hydroxyl groups is 1. The molecular weight excluding hydrogens is 364 g/mol. The molecular formula is C20H20N2O4S. The first-order chi connectivity index (χ1) is 13.0. The van der Waals surface area contributed by atoms with Gasteiger partial charge < -0.3 is 9.84 Å². The van der Waals surface area contributed by atoms with Crippen LogP contribution in [0.25, 0.3) is 21.9 Å². The van der Waals surface area contributed by atoms with E-state index in [1.807, 2.05) is 36.4 Å². The number of nitrogens with zero attached hydrogens (tertiary/aromatic N) is 1. The summed E-state index contributed by atoms with van der Waals surface area (Å²) >= 11 is 0. The smallest absolute Gasteiger partial charge is 0.301 e. The normalized spacial score (nSPS) is 16.1. The fourth-order valence-corrected chi connectivity index (χ4v) is 4.63. The maximum atomic E-state index is 12.1. The van der Waals surface area contributed by atoms with Gasteiger partial charge >= 0.3 is 10.2 Å². The largest absolute Gasteiger partial charge is 0.506 e. The Labute approximate surface area is 158 Å². The Bertz CT molecular complexity index is 1110. The van der Waals surface area contributed by atoms with Crippen LogP contribution in [0.15, 0.2) is 54.6 Å². The van der Waals surface area contributed by atoms with Crippen molar-refractivity contribution < 1.29 is 18.3 Å². The highest BCUT2D eigenvalue weighted by molar-refractivity contribution is 7.91. The monoisotopic (exact) mass is 384 g/mol. The Morgan fingerprint density at radius 2 is 1.89 bits per heavy atom. The van der Waals surface area contributed by atoms with Crippen molar-refractivity contribution in [3.05, 3.63) is 60.2 Å². The van der Waals surface area contributed by atoms with E-state index in [9.17, 15) is 13.5 Å². The molecule has 0 aromatic heterocycles. The molecule has 0 saturated carbocycles. The maximum absolute atomic E-state index is 12.1. The van der Waals surface area contributed by atoms with Crippen LogP contribution in [0.5, 0.6) is 5.75 Å². The van der Waals surface area contributed by atoms with E-state index in [1.54, 1.807) is 19.2 Å². The minimum Gasteiger partial charge on any atom is -0.506 e. The topological polar surface area (TPSA) is 78.9 Å². The number of rotatable bonds is 4. The molecule has 1 saturated heterocycles. The van der Waals surface area contributed by atoms with E-state index < -0.39 is 10.2 Å². The quantitative estimate of drug-likeness (QED) is 0.725. The summed E-state index contributed by atoms with van der Waals surface area (Å²) in [6, 6.07) is 17.3. The summed E-state index contributed by atoms with van der Waals surface area (Å²) in [7, 11) is -1.93. The second-order valence-electron chi connectivity index (χ2n) is 6.51. The lowest BCUT2D eigenvalue weighted by molar-refractivity contribution is 0.185. The molecule has 2 N–H and O–H groups in total. The van der Waals surface area contributed by atoms with E-state index in [0.717, 1.165) is 27.5 Å². The number of benzene rings is 3. The number of ether oxygens (including phenoxy) is 1. The van der Waals surface area contributed by atoms with Crippen LogP contribution in [0.1, 0.15) is 5.56 Å². The summed E-state index contributed by atoms with van der Waals surface area (Å²) < 4.78 is 33.1. The lowest BCUT2D eigenvalue weighted by Gasteiger charge is -2.18. The Morgan fingerprint density at radius 1 is 1.07 bits per heavy atom. The molecule has 0 bridgehead atoms. The van der Waals surface area contributed by atoms with E-state index in [0.29, 0.717) is 19.7 Å². The number of hydrogen-bond donors (Lipinski definition) is 2. The van der Waals surface area contributed by atoms with Gasteiger partial charge in [-0.05, 0) is 51.7 Å². The second kappa shape index (κ2) is 6.84. The molecule has 6 nitrogen and oxygen atoms in total. The highest BCUT2D eigenvalue weighted by Gasteiger charge is 2.30. The zero-order valence-electron chi connectivity index (χ0n) is 14.8. The van der Waals surface area contributed by atoms with Gasteiger partial charge in [0.05, 0.1) is 12.3 Å². The number of fused-ring (bicyclic) bond motifs is 1. The summed E-state index contributed by atoms with van der Waals surface area (Å²) in [5.41, 5.74) is 3.43. The molecule has 0 unspecified atom stereocenters. The molecule has 0 aliphatic carbocycles. The predicted molar refractivity (Wildman–Crippen MR) is 106 cm³/mol. The molecule has 3 aromatic rings. The Kier molecular flexibility index (Phi) is 4.51. The summed E-state index contributed by atoms with van der Waals surface area (Å²) in [4.78, 5) is 0. The van der Waals surface area contributed by atoms with Gasteiger partial charge in [-0.25, -0.2) is 0 Å². The third-order valence-electron chi connectivity index (χ3n) is 4.66. The second-order valence-corrected chi connectivity index (χ2v) is 8.19. The third-order valence-corrected chi connectivity index (χ3v) is 6.19. The average Bonchev–Trinajstić information content (AvgIpc) is 3.00. The molecule has 0 radical (unpaired) electrons. The molecule has 1 heterocycles. The van der Waals surface area contributed by atoms with Crippen molar-refractivity contribution >= 4 is 26.7 Å². The van der Waals surface area contributed by atoms with Crippen molar-refractivity contribution in [2.45, 2.75) is 6.61 Å². The summed E-state index contributed by atoms with van der Waals surface area (Å²) in [6.45, 7) is 1.16. The molecule has 0 amide bonds. The van der Waals surface area contributed by atoms with Crippen molar-refractivity contribution in [3.8, 4) is 16.9 Å². The molecule has 3 aromatic carbocycles. The zero-order valence-corrected chi connectivity index (χ0v) is 15.7. The first-order valence-electron chi connectivity index (χ1n) is 8.60. The van der Waals surface area contributed by atoms with Crippen LogP contribution < -0.4 is 9.03 Å². The predicted octanol–water partition coefficient (Wildman–Crippen LogP) is 3.01. The molecule has 7 heteroatoms. The minimum absolute atomic E-state index is 0.0513. The molecule has 0 spiro atoms. The molecule has 1 aliphatic heterocycles. The fraction of sp³-hybridized carbons (Fsp3) is 0.200. The SMILES string of the molecule is COCc1cccc(-c2ccc3cc(O)c(N4CCNS4(=O)=O)cc3c2)c1. The van der Waals surface area contributed by atoms with Crippen molar-refractivity contribution in [2.24, 2.45) is 0 Å². The van der Waals surface area contributed by atoms with Gasteiger partial charge in [0.1, 0.15) is 5.75 Å². The molecule has 0 atom stereocenters. The highest BCUT2D eigenvalue weighted by Crippen LogP contribution is 2.36. The van der Waals surface area contributed by atoms with Crippen molar-refractivity contribution in [2.75, 3.05) is 24.5 Å². The lowest BCUT2D eigenvalue weighted by Crippen LogP contribution is -2.29. The van der Waals surface area contributed by atoms with Gasteiger partial charge in [-0.15, -0.1) is 0 Å². The highest BCUT2D eigenvalue weighted by atomic mass is 32.2. The van der Waals surface area contributed by atoms with Gasteiger partial charge in [0, 0.05) is 20.2 Å². The number of phenols is 1. The van der Waals surface area contributed by atoms with Crippen LogP contribution in [0, 0.1) is 0 Å². The Balaban J connectivity index is 1.80. The first kappa shape index (κ1) is 17.8. The Hall–Kier alpha value is -2.61. The summed E-state index contributed by atoms with van der Waals surface area (Å²) in [5, 5.41) is 12.0. The number of phenolic OH excluding ortho intramolecular Hbond substituents is 1. The van der Waals surface area contributed by atoms with Gasteiger partial charge in [-0.3, -0.25) is 4.31 Å². The molecule has 1 fully saturated rings. The maximum Gasteiger partial charge on any atom is 0.301 e. The third kappa shape index (κ3) is 3.37. The zero-order chi connectivity index (χ0) is 19.0. The van der Waals surface area contributed by atoms with Crippen molar-refractivity contribution in [3.63, 3.8) is 0 Å². The van der Waals surface area contributed by atoms with E-state index in [4.69, 9.17) is 4.74 Å². The van der Waals surface area contributed by atoms with Crippen LogP contribution in [0.4, 0.5) is 5.69 Å². The average molecular weight is 384 g/mol. The molecule has 140 valence electrons. The summed E-state index contributed by atoms with van der Waals surface area (Å²) in [5.74, 6) is -0.0513. The van der Waals surface area contributed by atoms with Crippen LogP contribution in [0.2, 0.25) is 0 Å². The first-order valence-corrected chi connectivity index (χ1v) is 10.0. The van der Waals surface area contributed by atoms with E-state index in [1.165, 1.54) is 4.31 Å². The van der Waals surface area contributed by atoms with Gasteiger partial charge in [-0.2, -0.15) is 13.1 Å². The number of nitrogens with one attached hydrogen (secondary N) is 1. The number of hydrogen-bond acceptors (Lipinski definition) is 4.